The van der Waals surface area contributed by atoms with E-state index in [0.717, 1.165) is 24.9 Å². The van der Waals surface area contributed by atoms with Crippen LogP contribution in [0, 0.1) is 6.92 Å². The molecule has 1 amide bonds. The topological polar surface area (TPSA) is 55.2 Å². The van der Waals surface area contributed by atoms with E-state index in [0.29, 0.717) is 5.52 Å². The maximum atomic E-state index is 13.0. The van der Waals surface area contributed by atoms with Crippen LogP contribution >= 0.6 is 0 Å². The number of fused-ring (bicyclic) bond motifs is 1. The van der Waals surface area contributed by atoms with Gasteiger partial charge in [-0.1, -0.05) is 42.0 Å². The lowest BCUT2D eigenvalue weighted by molar-refractivity contribution is -0.132. The molecule has 1 aliphatic heterocycles. The van der Waals surface area contributed by atoms with E-state index in [1.165, 1.54) is 21.9 Å². The van der Waals surface area contributed by atoms with Gasteiger partial charge in [0.25, 0.3) is 5.56 Å². The Labute approximate surface area is 151 Å². The van der Waals surface area contributed by atoms with E-state index in [1.54, 1.807) is 0 Å². The van der Waals surface area contributed by atoms with Gasteiger partial charge in [0.1, 0.15) is 6.54 Å². The molecule has 3 aromatic rings. The largest absolute Gasteiger partial charge is 0.334 e. The smallest absolute Gasteiger partial charge is 0.269 e. The minimum atomic E-state index is -0.247. The Morgan fingerprint density at radius 2 is 2.04 bits per heavy atom. The zero-order chi connectivity index (χ0) is 18.1. The summed E-state index contributed by atoms with van der Waals surface area (Å²) >= 11 is 0. The fourth-order valence-electron chi connectivity index (χ4n) is 3.79. The van der Waals surface area contributed by atoms with Crippen LogP contribution in [0.1, 0.15) is 30.0 Å². The molecule has 1 saturated heterocycles. The third kappa shape index (κ3) is 3.01. The van der Waals surface area contributed by atoms with Crippen LogP contribution in [-0.2, 0) is 11.3 Å². The summed E-state index contributed by atoms with van der Waals surface area (Å²) in [5.41, 5.74) is 3.53. The van der Waals surface area contributed by atoms with Gasteiger partial charge in [0.2, 0.25) is 5.91 Å². The Hall–Kier alpha value is -2.95. The van der Waals surface area contributed by atoms with Crippen molar-refractivity contribution in [3.8, 4) is 0 Å². The van der Waals surface area contributed by atoms with E-state index in [4.69, 9.17) is 0 Å². The number of aryl methyl sites for hydroxylation is 1. The lowest BCUT2D eigenvalue weighted by Gasteiger charge is -2.26. The van der Waals surface area contributed by atoms with Gasteiger partial charge in [-0.05, 0) is 37.5 Å². The average molecular weight is 347 g/mol. The molecule has 1 unspecified atom stereocenters. The Bertz CT molecular complexity index is 1020. The fraction of sp³-hybridized carbons (Fsp3) is 0.286. The number of aromatic nitrogens is 2. The molecule has 1 aliphatic rings. The fourth-order valence-corrected chi connectivity index (χ4v) is 3.79. The summed E-state index contributed by atoms with van der Waals surface area (Å²) in [4.78, 5) is 31.4. The van der Waals surface area contributed by atoms with Crippen molar-refractivity contribution in [1.82, 2.24) is 14.5 Å². The van der Waals surface area contributed by atoms with Crippen LogP contribution in [-0.4, -0.2) is 26.9 Å². The highest BCUT2D eigenvalue weighted by Gasteiger charge is 2.30. The highest BCUT2D eigenvalue weighted by Crippen LogP contribution is 2.32. The lowest BCUT2D eigenvalue weighted by Crippen LogP contribution is -2.36. The second-order valence-corrected chi connectivity index (χ2v) is 6.83. The molecule has 2 heterocycles. The van der Waals surface area contributed by atoms with Crippen molar-refractivity contribution in [3.05, 3.63) is 76.2 Å². The zero-order valence-electron chi connectivity index (χ0n) is 14.8. The summed E-state index contributed by atoms with van der Waals surface area (Å²) in [6.07, 6.45) is 3.23. The predicted octanol–water partition coefficient (Wildman–Crippen LogP) is 3.07. The first-order valence-electron chi connectivity index (χ1n) is 8.94. The number of likely N-dealkylation sites (tertiary alicyclic amines) is 1. The van der Waals surface area contributed by atoms with Crippen LogP contribution in [0.5, 0.6) is 0 Å². The van der Waals surface area contributed by atoms with Gasteiger partial charge >= 0.3 is 0 Å². The maximum absolute atomic E-state index is 13.0. The van der Waals surface area contributed by atoms with Crippen LogP contribution < -0.4 is 5.56 Å². The van der Waals surface area contributed by atoms with Crippen LogP contribution in [0.2, 0.25) is 0 Å². The van der Waals surface area contributed by atoms with Gasteiger partial charge < -0.3 is 4.90 Å². The molecular formula is C21H21N3O2. The second kappa shape index (κ2) is 6.75. The molecular weight excluding hydrogens is 326 g/mol. The summed E-state index contributed by atoms with van der Waals surface area (Å²) in [5, 5.41) is 0. The van der Waals surface area contributed by atoms with Crippen molar-refractivity contribution in [2.45, 2.75) is 32.4 Å². The monoisotopic (exact) mass is 347 g/mol. The highest BCUT2D eigenvalue weighted by atomic mass is 16.2. The predicted molar refractivity (Wildman–Crippen MR) is 101 cm³/mol. The molecule has 1 fully saturated rings. The van der Waals surface area contributed by atoms with E-state index in [9.17, 15) is 9.59 Å². The highest BCUT2D eigenvalue weighted by molar-refractivity contribution is 5.80. The first kappa shape index (κ1) is 16.5. The lowest BCUT2D eigenvalue weighted by atomic mass is 10.0. The molecule has 1 aromatic heterocycles. The Kier molecular flexibility index (Phi) is 4.29. The van der Waals surface area contributed by atoms with Crippen LogP contribution in [0.15, 0.2) is 59.5 Å². The van der Waals surface area contributed by atoms with Crippen LogP contribution in [0.3, 0.4) is 0 Å². The summed E-state index contributed by atoms with van der Waals surface area (Å²) in [6.45, 7) is 2.84. The normalized spacial score (nSPS) is 17.0. The van der Waals surface area contributed by atoms with Gasteiger partial charge in [0.05, 0.1) is 23.3 Å². The maximum Gasteiger partial charge on any atom is 0.269 e. The van der Waals surface area contributed by atoms with Gasteiger partial charge in [-0.25, -0.2) is 4.98 Å². The van der Waals surface area contributed by atoms with Crippen molar-refractivity contribution < 1.29 is 4.79 Å². The number of benzene rings is 2. The Morgan fingerprint density at radius 3 is 2.88 bits per heavy atom. The van der Waals surface area contributed by atoms with Gasteiger partial charge in [0.15, 0.2) is 0 Å². The molecule has 0 radical (unpaired) electrons. The number of hydrogen-bond acceptors (Lipinski definition) is 3. The van der Waals surface area contributed by atoms with Crippen molar-refractivity contribution in [2.75, 3.05) is 6.54 Å². The molecule has 1 atom stereocenters. The van der Waals surface area contributed by atoms with Gasteiger partial charge in [-0.3, -0.25) is 14.2 Å². The Balaban J connectivity index is 1.64. The van der Waals surface area contributed by atoms with Crippen molar-refractivity contribution in [3.63, 3.8) is 0 Å². The summed E-state index contributed by atoms with van der Waals surface area (Å²) < 4.78 is 1.52. The summed E-state index contributed by atoms with van der Waals surface area (Å²) in [6, 6.07) is 15.8. The minimum absolute atomic E-state index is 0.0209. The number of amides is 1. The first-order chi connectivity index (χ1) is 12.6. The van der Waals surface area contributed by atoms with E-state index in [1.807, 2.05) is 35.2 Å². The van der Waals surface area contributed by atoms with Crippen LogP contribution in [0.25, 0.3) is 11.0 Å². The number of hydrogen-bond donors (Lipinski definition) is 0. The van der Waals surface area contributed by atoms with Crippen molar-refractivity contribution in [2.24, 2.45) is 0 Å². The molecule has 132 valence electrons. The van der Waals surface area contributed by atoms with Crippen molar-refractivity contribution >= 4 is 16.9 Å². The minimum Gasteiger partial charge on any atom is -0.334 e. The number of para-hydroxylation sites is 2. The van der Waals surface area contributed by atoms with Crippen molar-refractivity contribution in [1.29, 1.82) is 0 Å². The quantitative estimate of drug-likeness (QED) is 0.732. The molecule has 5 nitrogen and oxygen atoms in total. The SMILES string of the molecule is Cc1cccc(C2CCCN2C(=O)Cn2c(=O)cnc3ccccc32)c1. The van der Waals surface area contributed by atoms with E-state index in [2.05, 4.69) is 30.1 Å². The molecule has 0 aliphatic carbocycles. The first-order valence-corrected chi connectivity index (χ1v) is 8.94. The van der Waals surface area contributed by atoms with Gasteiger partial charge in [0, 0.05) is 6.54 Å². The third-order valence-corrected chi connectivity index (χ3v) is 5.05. The van der Waals surface area contributed by atoms with Crippen LogP contribution in [0.4, 0.5) is 0 Å². The standard InChI is InChI=1S/C21H21N3O2/c1-15-6-4-7-16(12-15)18-10-5-11-23(18)21(26)14-24-19-9-3-2-8-17(19)22-13-20(24)25/h2-4,6-9,12-13,18H,5,10-11,14H2,1H3. The Morgan fingerprint density at radius 1 is 1.19 bits per heavy atom. The van der Waals surface area contributed by atoms with E-state index in [-0.39, 0.29) is 24.1 Å². The number of carbonyl (C=O) groups excluding carboxylic acids is 1. The van der Waals surface area contributed by atoms with Gasteiger partial charge in [-0.2, -0.15) is 0 Å². The number of carbonyl (C=O) groups is 1. The molecule has 0 saturated carbocycles. The number of nitrogens with zero attached hydrogens (tertiary/aromatic N) is 3. The summed E-state index contributed by atoms with van der Waals surface area (Å²) in [7, 11) is 0. The average Bonchev–Trinajstić information content (AvgIpc) is 3.14. The third-order valence-electron chi connectivity index (χ3n) is 5.05. The zero-order valence-corrected chi connectivity index (χ0v) is 14.8. The van der Waals surface area contributed by atoms with E-state index >= 15 is 0 Å². The van der Waals surface area contributed by atoms with Gasteiger partial charge in [-0.15, -0.1) is 0 Å². The second-order valence-electron chi connectivity index (χ2n) is 6.83. The molecule has 0 spiro atoms. The molecule has 2 aromatic carbocycles. The molecule has 0 N–H and O–H groups in total. The number of rotatable bonds is 3. The molecule has 5 heteroatoms. The molecule has 0 bridgehead atoms. The summed E-state index contributed by atoms with van der Waals surface area (Å²) in [5.74, 6) is -0.0209. The molecule has 4 rings (SSSR count). The molecule has 26 heavy (non-hydrogen) atoms. The van der Waals surface area contributed by atoms with E-state index < -0.39 is 0 Å².